The van der Waals surface area contributed by atoms with Crippen molar-refractivity contribution in [3.8, 4) is 0 Å². The van der Waals surface area contributed by atoms with E-state index in [0.717, 1.165) is 13.1 Å². The standard InChI is InChI=1S/C12H19N3/c13-14-9-11-4-3-5-12(8-11)10-15-6-1-2-7-15/h3-5,8,14H,1-2,6-7,9-10,13H2. The zero-order valence-electron chi connectivity index (χ0n) is 9.08. The lowest BCUT2D eigenvalue weighted by Crippen LogP contribution is -2.21. The van der Waals surface area contributed by atoms with E-state index in [-0.39, 0.29) is 0 Å². The Morgan fingerprint density at radius 2 is 1.93 bits per heavy atom. The Kier molecular flexibility index (Phi) is 3.72. The minimum atomic E-state index is 0.744. The highest BCUT2D eigenvalue weighted by Crippen LogP contribution is 2.13. The van der Waals surface area contributed by atoms with Gasteiger partial charge < -0.3 is 0 Å². The second-order valence-corrected chi connectivity index (χ2v) is 4.18. The van der Waals surface area contributed by atoms with Gasteiger partial charge >= 0.3 is 0 Å². The van der Waals surface area contributed by atoms with Gasteiger partial charge in [0.05, 0.1) is 0 Å². The third kappa shape index (κ3) is 3.02. The molecule has 3 nitrogen and oxygen atoms in total. The van der Waals surface area contributed by atoms with E-state index in [0.29, 0.717) is 0 Å². The van der Waals surface area contributed by atoms with Crippen LogP contribution in [0.1, 0.15) is 24.0 Å². The fraction of sp³-hybridized carbons (Fsp3) is 0.500. The van der Waals surface area contributed by atoms with Gasteiger partial charge in [0.15, 0.2) is 0 Å². The fourth-order valence-electron chi connectivity index (χ4n) is 2.15. The molecule has 1 saturated heterocycles. The van der Waals surface area contributed by atoms with Crippen molar-refractivity contribution in [2.75, 3.05) is 13.1 Å². The van der Waals surface area contributed by atoms with E-state index in [1.54, 1.807) is 0 Å². The lowest BCUT2D eigenvalue weighted by Gasteiger charge is -2.15. The second-order valence-electron chi connectivity index (χ2n) is 4.18. The van der Waals surface area contributed by atoms with Gasteiger partial charge in [-0.05, 0) is 37.1 Å². The van der Waals surface area contributed by atoms with Gasteiger partial charge in [-0.15, -0.1) is 0 Å². The van der Waals surface area contributed by atoms with Gasteiger partial charge in [-0.3, -0.25) is 16.2 Å². The summed E-state index contributed by atoms with van der Waals surface area (Å²) in [7, 11) is 0. The maximum Gasteiger partial charge on any atom is 0.0348 e. The summed E-state index contributed by atoms with van der Waals surface area (Å²) in [5, 5.41) is 0. The van der Waals surface area contributed by atoms with Crippen molar-refractivity contribution in [1.82, 2.24) is 10.3 Å². The predicted molar refractivity (Wildman–Crippen MR) is 62.0 cm³/mol. The first-order chi connectivity index (χ1) is 7.38. The molecule has 0 radical (unpaired) electrons. The minimum absolute atomic E-state index is 0.744. The molecule has 1 aromatic carbocycles. The highest BCUT2D eigenvalue weighted by molar-refractivity contribution is 5.23. The van der Waals surface area contributed by atoms with Crippen LogP contribution in [0.5, 0.6) is 0 Å². The number of nitrogens with two attached hydrogens (primary N) is 1. The molecule has 0 aromatic heterocycles. The number of hydrogen-bond donors (Lipinski definition) is 2. The van der Waals surface area contributed by atoms with Crippen molar-refractivity contribution in [2.45, 2.75) is 25.9 Å². The van der Waals surface area contributed by atoms with Crippen LogP contribution in [0.4, 0.5) is 0 Å². The molecule has 0 atom stereocenters. The fourth-order valence-corrected chi connectivity index (χ4v) is 2.15. The molecule has 0 amide bonds. The van der Waals surface area contributed by atoms with Crippen LogP contribution in [0.15, 0.2) is 24.3 Å². The summed E-state index contributed by atoms with van der Waals surface area (Å²) in [4.78, 5) is 2.51. The van der Waals surface area contributed by atoms with Crippen LogP contribution in [0.2, 0.25) is 0 Å². The van der Waals surface area contributed by atoms with E-state index < -0.39 is 0 Å². The molecule has 3 N–H and O–H groups in total. The summed E-state index contributed by atoms with van der Waals surface area (Å²) in [6.07, 6.45) is 2.70. The molecular weight excluding hydrogens is 186 g/mol. The van der Waals surface area contributed by atoms with Gasteiger partial charge in [-0.1, -0.05) is 24.3 Å². The first-order valence-corrected chi connectivity index (χ1v) is 5.62. The van der Waals surface area contributed by atoms with E-state index >= 15 is 0 Å². The lowest BCUT2D eigenvalue weighted by molar-refractivity contribution is 0.331. The van der Waals surface area contributed by atoms with Crippen LogP contribution in [-0.4, -0.2) is 18.0 Å². The van der Waals surface area contributed by atoms with Gasteiger partial charge in [0, 0.05) is 13.1 Å². The Hall–Kier alpha value is -0.900. The van der Waals surface area contributed by atoms with Crippen molar-refractivity contribution >= 4 is 0 Å². The van der Waals surface area contributed by atoms with E-state index in [1.807, 2.05) is 0 Å². The third-order valence-electron chi connectivity index (χ3n) is 2.90. The maximum atomic E-state index is 5.31. The average Bonchev–Trinajstić information content (AvgIpc) is 2.71. The molecule has 0 unspecified atom stereocenters. The summed E-state index contributed by atoms with van der Waals surface area (Å²) in [6, 6.07) is 8.64. The van der Waals surface area contributed by atoms with Crippen LogP contribution in [0.3, 0.4) is 0 Å². The van der Waals surface area contributed by atoms with Crippen molar-refractivity contribution in [3.05, 3.63) is 35.4 Å². The number of benzene rings is 1. The van der Waals surface area contributed by atoms with Crippen LogP contribution in [-0.2, 0) is 13.1 Å². The van der Waals surface area contributed by atoms with Crippen LogP contribution in [0.25, 0.3) is 0 Å². The van der Waals surface area contributed by atoms with E-state index in [4.69, 9.17) is 5.84 Å². The average molecular weight is 205 g/mol. The first kappa shape index (κ1) is 10.6. The molecular formula is C12H19N3. The number of hydrazine groups is 1. The normalized spacial score (nSPS) is 17.1. The lowest BCUT2D eigenvalue weighted by atomic mass is 10.1. The number of hydrogen-bond acceptors (Lipinski definition) is 3. The Morgan fingerprint density at radius 3 is 2.67 bits per heavy atom. The van der Waals surface area contributed by atoms with Gasteiger partial charge in [0.1, 0.15) is 0 Å². The summed E-state index contributed by atoms with van der Waals surface area (Å²) >= 11 is 0. The van der Waals surface area contributed by atoms with Crippen molar-refractivity contribution < 1.29 is 0 Å². The van der Waals surface area contributed by atoms with Gasteiger partial charge in [-0.2, -0.15) is 0 Å². The zero-order valence-corrected chi connectivity index (χ0v) is 9.08. The summed E-state index contributed by atoms with van der Waals surface area (Å²) < 4.78 is 0. The highest BCUT2D eigenvalue weighted by Gasteiger charge is 2.11. The zero-order chi connectivity index (χ0) is 10.5. The van der Waals surface area contributed by atoms with Crippen molar-refractivity contribution in [2.24, 2.45) is 5.84 Å². The quantitative estimate of drug-likeness (QED) is 0.574. The maximum absolute atomic E-state index is 5.31. The van der Waals surface area contributed by atoms with E-state index in [2.05, 4.69) is 34.6 Å². The number of rotatable bonds is 4. The highest BCUT2D eigenvalue weighted by atomic mass is 15.2. The number of nitrogens with one attached hydrogen (secondary N) is 1. The molecule has 1 aromatic rings. The monoisotopic (exact) mass is 205 g/mol. The SMILES string of the molecule is NNCc1cccc(CN2CCCC2)c1. The molecule has 0 bridgehead atoms. The molecule has 82 valence electrons. The molecule has 3 heteroatoms. The van der Waals surface area contributed by atoms with E-state index in [1.165, 1.54) is 37.1 Å². The second kappa shape index (κ2) is 5.26. The molecule has 1 aliphatic heterocycles. The Labute approximate surface area is 91.2 Å². The van der Waals surface area contributed by atoms with Gasteiger partial charge in [-0.25, -0.2) is 0 Å². The van der Waals surface area contributed by atoms with Gasteiger partial charge in [0.2, 0.25) is 0 Å². The predicted octanol–water partition coefficient (Wildman–Crippen LogP) is 1.25. The van der Waals surface area contributed by atoms with Gasteiger partial charge in [0.25, 0.3) is 0 Å². The minimum Gasteiger partial charge on any atom is -0.299 e. The smallest absolute Gasteiger partial charge is 0.0348 e. The number of likely N-dealkylation sites (tertiary alicyclic amines) is 1. The van der Waals surface area contributed by atoms with Crippen molar-refractivity contribution in [3.63, 3.8) is 0 Å². The van der Waals surface area contributed by atoms with Crippen molar-refractivity contribution in [1.29, 1.82) is 0 Å². The van der Waals surface area contributed by atoms with Crippen LogP contribution < -0.4 is 11.3 Å². The molecule has 1 fully saturated rings. The number of nitrogens with zero attached hydrogens (tertiary/aromatic N) is 1. The van der Waals surface area contributed by atoms with Crippen LogP contribution in [0, 0.1) is 0 Å². The summed E-state index contributed by atoms with van der Waals surface area (Å²) in [6.45, 7) is 4.32. The molecule has 1 aliphatic rings. The Bertz CT molecular complexity index is 305. The molecule has 15 heavy (non-hydrogen) atoms. The summed E-state index contributed by atoms with van der Waals surface area (Å²) in [5.74, 6) is 5.31. The van der Waals surface area contributed by atoms with Crippen LogP contribution >= 0.6 is 0 Å². The third-order valence-corrected chi connectivity index (χ3v) is 2.90. The summed E-state index contributed by atoms with van der Waals surface area (Å²) in [5.41, 5.74) is 5.34. The van der Waals surface area contributed by atoms with E-state index in [9.17, 15) is 0 Å². The largest absolute Gasteiger partial charge is 0.299 e. The first-order valence-electron chi connectivity index (χ1n) is 5.62. The topological polar surface area (TPSA) is 41.3 Å². The molecule has 2 rings (SSSR count). The molecule has 0 spiro atoms. The Morgan fingerprint density at radius 1 is 1.20 bits per heavy atom. The molecule has 0 saturated carbocycles. The Balaban J connectivity index is 1.97. The molecule has 1 heterocycles. The molecule has 0 aliphatic carbocycles.